The Bertz CT molecular complexity index is 525. The Hall–Kier alpha value is -0.710. The number of aliphatic hydroxyl groups is 1. The first-order valence-corrected chi connectivity index (χ1v) is 6.55. The van der Waals surface area contributed by atoms with Crippen LogP contribution in [0.2, 0.25) is 0 Å². The largest absolute Gasteiger partial charge is 0.384 e. The van der Waals surface area contributed by atoms with Gasteiger partial charge in [0, 0.05) is 10.0 Å². The Morgan fingerprint density at radius 3 is 2.29 bits per heavy atom. The van der Waals surface area contributed by atoms with Crippen LogP contribution in [0, 0.1) is 5.82 Å². The van der Waals surface area contributed by atoms with E-state index in [-0.39, 0.29) is 5.56 Å². The quantitative estimate of drug-likeness (QED) is 0.840. The third-order valence-corrected chi connectivity index (χ3v) is 3.60. The minimum atomic E-state index is -0.958. The molecule has 1 atom stereocenters. The highest BCUT2D eigenvalue weighted by molar-refractivity contribution is 9.10. The van der Waals surface area contributed by atoms with E-state index in [2.05, 4.69) is 31.9 Å². The van der Waals surface area contributed by atoms with E-state index in [0.717, 1.165) is 4.47 Å². The summed E-state index contributed by atoms with van der Waals surface area (Å²) in [6.07, 6.45) is -0.958. The Morgan fingerprint density at radius 2 is 1.65 bits per heavy atom. The van der Waals surface area contributed by atoms with Crippen molar-refractivity contribution in [1.82, 2.24) is 0 Å². The van der Waals surface area contributed by atoms with Crippen LogP contribution in [0.3, 0.4) is 0 Å². The molecule has 17 heavy (non-hydrogen) atoms. The molecule has 0 spiro atoms. The number of hydrogen-bond donors (Lipinski definition) is 1. The number of halogens is 3. The molecule has 4 heteroatoms. The molecule has 0 aromatic heterocycles. The summed E-state index contributed by atoms with van der Waals surface area (Å²) in [5, 5.41) is 10.1. The smallest absolute Gasteiger partial charge is 0.143 e. The lowest BCUT2D eigenvalue weighted by Gasteiger charge is -2.13. The van der Waals surface area contributed by atoms with Gasteiger partial charge in [-0.1, -0.05) is 40.2 Å². The van der Waals surface area contributed by atoms with E-state index in [1.807, 2.05) is 12.1 Å². The van der Waals surface area contributed by atoms with Crippen molar-refractivity contribution in [1.29, 1.82) is 0 Å². The molecule has 1 nitrogen and oxygen atoms in total. The molecule has 0 saturated carbocycles. The van der Waals surface area contributed by atoms with Crippen molar-refractivity contribution in [3.8, 4) is 0 Å². The van der Waals surface area contributed by atoms with Gasteiger partial charge in [-0.15, -0.1) is 0 Å². The highest BCUT2D eigenvalue weighted by Gasteiger charge is 2.16. The molecule has 1 N–H and O–H groups in total. The zero-order chi connectivity index (χ0) is 12.4. The molecule has 2 aromatic carbocycles. The topological polar surface area (TPSA) is 20.2 Å². The third-order valence-electron chi connectivity index (χ3n) is 2.46. The molecular formula is C13H9Br2FO. The van der Waals surface area contributed by atoms with Crippen LogP contribution >= 0.6 is 31.9 Å². The van der Waals surface area contributed by atoms with Crippen molar-refractivity contribution >= 4 is 31.9 Å². The third kappa shape index (κ3) is 2.76. The zero-order valence-corrected chi connectivity index (χ0v) is 11.9. The second-order valence-electron chi connectivity index (χ2n) is 3.60. The molecule has 1 unspecified atom stereocenters. The van der Waals surface area contributed by atoms with Crippen molar-refractivity contribution in [3.05, 3.63) is 68.4 Å². The maximum atomic E-state index is 13.8. The Balaban J connectivity index is 2.40. The second kappa shape index (κ2) is 5.29. The zero-order valence-electron chi connectivity index (χ0n) is 8.70. The maximum Gasteiger partial charge on any atom is 0.143 e. The van der Waals surface area contributed by atoms with Gasteiger partial charge in [-0.2, -0.15) is 0 Å². The van der Waals surface area contributed by atoms with Gasteiger partial charge < -0.3 is 5.11 Å². The predicted molar refractivity (Wildman–Crippen MR) is 72.3 cm³/mol. The van der Waals surface area contributed by atoms with Crippen LogP contribution in [-0.2, 0) is 0 Å². The lowest BCUT2D eigenvalue weighted by molar-refractivity contribution is 0.214. The molecule has 2 aromatic rings. The summed E-state index contributed by atoms with van der Waals surface area (Å²) < 4.78 is 15.1. The molecule has 88 valence electrons. The van der Waals surface area contributed by atoms with Gasteiger partial charge in [-0.05, 0) is 39.7 Å². The monoisotopic (exact) mass is 358 g/mol. The van der Waals surface area contributed by atoms with Gasteiger partial charge in [0.1, 0.15) is 11.9 Å². The Morgan fingerprint density at radius 1 is 1.00 bits per heavy atom. The molecule has 0 aliphatic heterocycles. The molecule has 0 saturated heterocycles. The van der Waals surface area contributed by atoms with Crippen molar-refractivity contribution in [2.24, 2.45) is 0 Å². The van der Waals surface area contributed by atoms with Crippen LogP contribution in [0.15, 0.2) is 51.4 Å². The van der Waals surface area contributed by atoms with Gasteiger partial charge in [0.15, 0.2) is 0 Å². The number of aliphatic hydroxyl groups excluding tert-OH is 1. The van der Waals surface area contributed by atoms with Crippen molar-refractivity contribution < 1.29 is 9.50 Å². The summed E-state index contributed by atoms with van der Waals surface area (Å²) in [5.41, 5.74) is 0.923. The summed E-state index contributed by atoms with van der Waals surface area (Å²) >= 11 is 6.42. The molecule has 0 heterocycles. The SMILES string of the molecule is OC(c1ccc(Br)cc1)c1cccc(Br)c1F. The fraction of sp³-hybridized carbons (Fsp3) is 0.0769. The average Bonchev–Trinajstić information content (AvgIpc) is 2.33. The van der Waals surface area contributed by atoms with E-state index in [4.69, 9.17) is 0 Å². The Kier molecular flexibility index (Phi) is 3.97. The van der Waals surface area contributed by atoms with Crippen molar-refractivity contribution in [3.63, 3.8) is 0 Å². The first kappa shape index (κ1) is 12.7. The van der Waals surface area contributed by atoms with Crippen LogP contribution < -0.4 is 0 Å². The molecule has 0 bridgehead atoms. The van der Waals surface area contributed by atoms with E-state index in [1.165, 1.54) is 0 Å². The maximum absolute atomic E-state index is 13.8. The molecule has 0 aliphatic carbocycles. The van der Waals surface area contributed by atoms with Crippen molar-refractivity contribution in [2.45, 2.75) is 6.10 Å². The standard InChI is InChI=1S/C13H9Br2FO/c14-9-6-4-8(5-7-9)13(17)10-2-1-3-11(15)12(10)16/h1-7,13,17H. The van der Waals surface area contributed by atoms with Gasteiger partial charge in [-0.25, -0.2) is 4.39 Å². The second-order valence-corrected chi connectivity index (χ2v) is 5.37. The molecule has 0 aliphatic rings. The van der Waals surface area contributed by atoms with Gasteiger partial charge in [0.2, 0.25) is 0 Å². The molecule has 0 radical (unpaired) electrons. The molecule has 0 fully saturated rings. The van der Waals surface area contributed by atoms with Crippen LogP contribution in [0.1, 0.15) is 17.2 Å². The van der Waals surface area contributed by atoms with E-state index in [1.54, 1.807) is 30.3 Å². The number of hydrogen-bond acceptors (Lipinski definition) is 1. The Labute approximate surface area is 116 Å². The van der Waals surface area contributed by atoms with Crippen LogP contribution in [0.4, 0.5) is 4.39 Å². The first-order valence-electron chi connectivity index (χ1n) is 4.97. The minimum absolute atomic E-state index is 0.265. The van der Waals surface area contributed by atoms with Gasteiger partial charge in [-0.3, -0.25) is 0 Å². The lowest BCUT2D eigenvalue weighted by atomic mass is 10.0. The summed E-state index contributed by atoms with van der Waals surface area (Å²) in [6, 6.07) is 12.0. The minimum Gasteiger partial charge on any atom is -0.384 e. The normalized spacial score (nSPS) is 12.5. The number of benzene rings is 2. The van der Waals surface area contributed by atoms with E-state index >= 15 is 0 Å². The lowest BCUT2D eigenvalue weighted by Crippen LogP contribution is -2.02. The van der Waals surface area contributed by atoms with Crippen LogP contribution in [0.5, 0.6) is 0 Å². The molecule has 0 amide bonds. The van der Waals surface area contributed by atoms with Crippen molar-refractivity contribution in [2.75, 3.05) is 0 Å². The summed E-state index contributed by atoms with van der Waals surface area (Å²) in [5.74, 6) is -0.428. The molecule has 2 rings (SSSR count). The van der Waals surface area contributed by atoms with E-state index in [9.17, 15) is 9.50 Å². The van der Waals surface area contributed by atoms with Gasteiger partial charge in [0.25, 0.3) is 0 Å². The highest BCUT2D eigenvalue weighted by atomic mass is 79.9. The summed E-state index contributed by atoms with van der Waals surface area (Å²) in [6.45, 7) is 0. The highest BCUT2D eigenvalue weighted by Crippen LogP contribution is 2.28. The fourth-order valence-electron chi connectivity index (χ4n) is 1.56. The fourth-order valence-corrected chi connectivity index (χ4v) is 2.20. The van der Waals surface area contributed by atoms with Crippen LogP contribution in [-0.4, -0.2) is 5.11 Å². The van der Waals surface area contributed by atoms with Gasteiger partial charge >= 0.3 is 0 Å². The summed E-state index contributed by atoms with van der Waals surface area (Å²) in [7, 11) is 0. The molecular weight excluding hydrogens is 351 g/mol. The predicted octanol–water partition coefficient (Wildman–Crippen LogP) is 4.43. The van der Waals surface area contributed by atoms with Gasteiger partial charge in [0.05, 0.1) is 4.47 Å². The first-order chi connectivity index (χ1) is 8.09. The number of rotatable bonds is 2. The summed E-state index contributed by atoms with van der Waals surface area (Å²) in [4.78, 5) is 0. The van der Waals surface area contributed by atoms with E-state index < -0.39 is 11.9 Å². The van der Waals surface area contributed by atoms with E-state index in [0.29, 0.717) is 10.0 Å². The average molecular weight is 360 g/mol. The van der Waals surface area contributed by atoms with Crippen LogP contribution in [0.25, 0.3) is 0 Å².